The molecule has 1 N–H and O–H groups in total. The summed E-state index contributed by atoms with van der Waals surface area (Å²) in [5.74, 6) is 0.919. The van der Waals surface area contributed by atoms with E-state index in [2.05, 4.69) is 32.2 Å². The van der Waals surface area contributed by atoms with E-state index in [1.165, 1.54) is 25.1 Å². The molecule has 0 spiro atoms. The van der Waals surface area contributed by atoms with Gasteiger partial charge in [-0.15, -0.1) is 11.3 Å². The van der Waals surface area contributed by atoms with Crippen LogP contribution >= 0.6 is 11.3 Å². The van der Waals surface area contributed by atoms with Crippen LogP contribution in [0.3, 0.4) is 0 Å². The van der Waals surface area contributed by atoms with E-state index in [4.69, 9.17) is 0 Å². The van der Waals surface area contributed by atoms with Gasteiger partial charge in [-0.3, -0.25) is 9.69 Å². The number of hydrogen-bond acceptors (Lipinski definition) is 5. The van der Waals surface area contributed by atoms with E-state index < -0.39 is 0 Å². The molecule has 0 unspecified atom stereocenters. The highest BCUT2D eigenvalue weighted by Gasteiger charge is 2.26. The number of nitrogens with one attached hydrogen (secondary N) is 1. The zero-order chi connectivity index (χ0) is 21.0. The predicted molar refractivity (Wildman–Crippen MR) is 128 cm³/mol. The second-order valence-electron chi connectivity index (χ2n) is 8.52. The summed E-state index contributed by atoms with van der Waals surface area (Å²) in [4.78, 5) is 22.2. The van der Waals surface area contributed by atoms with E-state index in [0.717, 1.165) is 54.0 Å². The Morgan fingerprint density at radius 2 is 1.84 bits per heavy atom. The van der Waals surface area contributed by atoms with Crippen LogP contribution in [-0.2, 0) is 11.2 Å². The average Bonchev–Trinajstić information content (AvgIpc) is 3.49. The largest absolute Gasteiger partial charge is 0.369 e. The number of benzene rings is 2. The molecule has 1 amide bonds. The lowest BCUT2D eigenvalue weighted by atomic mass is 10.2. The van der Waals surface area contributed by atoms with Crippen molar-refractivity contribution in [2.75, 3.05) is 42.9 Å². The standard InChI is InChI=1S/C25H28N4OS/c30-24(16-22-18-31-25(27-22)20-5-2-1-3-6-20)26-21-7-4-8-23(15-21)29-13-11-28(12-14-29)17-19-9-10-19/h1-8,15,18-19H,9-14,16-17H2,(H,26,30). The molecule has 1 aromatic heterocycles. The minimum atomic E-state index is -0.0312. The van der Waals surface area contributed by atoms with Crippen molar-refractivity contribution in [2.45, 2.75) is 19.3 Å². The first-order valence-corrected chi connectivity index (χ1v) is 12.0. The summed E-state index contributed by atoms with van der Waals surface area (Å²) in [6.45, 7) is 5.62. The Morgan fingerprint density at radius 1 is 1.03 bits per heavy atom. The summed E-state index contributed by atoms with van der Waals surface area (Å²) in [6.07, 6.45) is 3.11. The highest BCUT2D eigenvalue weighted by Crippen LogP contribution is 2.30. The molecule has 0 bridgehead atoms. The molecule has 5 rings (SSSR count). The van der Waals surface area contributed by atoms with Gasteiger partial charge >= 0.3 is 0 Å². The Labute approximate surface area is 187 Å². The summed E-state index contributed by atoms with van der Waals surface area (Å²) in [5.41, 5.74) is 3.93. The number of aromatic nitrogens is 1. The summed E-state index contributed by atoms with van der Waals surface area (Å²) in [5, 5.41) is 5.97. The number of amides is 1. The molecule has 1 saturated heterocycles. The first-order valence-electron chi connectivity index (χ1n) is 11.1. The zero-order valence-electron chi connectivity index (χ0n) is 17.7. The normalized spacial score (nSPS) is 17.0. The molecule has 1 aliphatic heterocycles. The SMILES string of the molecule is O=C(Cc1csc(-c2ccccc2)n1)Nc1cccc(N2CCN(CC3CC3)CC2)c1. The molecule has 0 atom stereocenters. The molecule has 6 heteroatoms. The van der Waals surface area contributed by atoms with Crippen molar-refractivity contribution in [1.29, 1.82) is 0 Å². The molecule has 2 aliphatic rings. The van der Waals surface area contributed by atoms with Crippen LogP contribution in [-0.4, -0.2) is 48.5 Å². The zero-order valence-corrected chi connectivity index (χ0v) is 18.5. The van der Waals surface area contributed by atoms with Crippen molar-refractivity contribution in [3.63, 3.8) is 0 Å². The minimum absolute atomic E-state index is 0.0312. The maximum Gasteiger partial charge on any atom is 0.230 e. The van der Waals surface area contributed by atoms with Crippen molar-refractivity contribution >= 4 is 28.6 Å². The van der Waals surface area contributed by atoms with E-state index in [-0.39, 0.29) is 12.3 Å². The molecule has 3 aromatic rings. The van der Waals surface area contributed by atoms with Gasteiger partial charge < -0.3 is 10.2 Å². The van der Waals surface area contributed by atoms with Crippen LogP contribution in [0.5, 0.6) is 0 Å². The molecule has 2 aromatic carbocycles. The van der Waals surface area contributed by atoms with Gasteiger partial charge in [0.05, 0.1) is 12.1 Å². The van der Waals surface area contributed by atoms with Gasteiger partial charge in [-0.2, -0.15) is 0 Å². The summed E-state index contributed by atoms with van der Waals surface area (Å²) in [7, 11) is 0. The molecular formula is C25H28N4OS. The Hall–Kier alpha value is -2.70. The van der Waals surface area contributed by atoms with Crippen molar-refractivity contribution < 1.29 is 4.79 Å². The van der Waals surface area contributed by atoms with Crippen molar-refractivity contribution in [1.82, 2.24) is 9.88 Å². The van der Waals surface area contributed by atoms with Gasteiger partial charge in [0.1, 0.15) is 5.01 Å². The second kappa shape index (κ2) is 9.20. The van der Waals surface area contributed by atoms with Gasteiger partial charge in [0.25, 0.3) is 0 Å². The Kier molecular flexibility index (Phi) is 6.00. The van der Waals surface area contributed by atoms with Gasteiger partial charge in [0, 0.05) is 55.0 Å². The number of piperazine rings is 1. The lowest BCUT2D eigenvalue weighted by Crippen LogP contribution is -2.47. The van der Waals surface area contributed by atoms with E-state index in [1.54, 1.807) is 11.3 Å². The molecular weight excluding hydrogens is 404 g/mol. The fourth-order valence-electron chi connectivity index (χ4n) is 4.11. The fraction of sp³-hybridized carbons (Fsp3) is 0.360. The number of hydrogen-bond donors (Lipinski definition) is 1. The maximum atomic E-state index is 12.6. The maximum absolute atomic E-state index is 12.6. The first kappa shape index (κ1) is 20.2. The van der Waals surface area contributed by atoms with Crippen LogP contribution < -0.4 is 10.2 Å². The molecule has 2 heterocycles. The molecule has 2 fully saturated rings. The van der Waals surface area contributed by atoms with E-state index >= 15 is 0 Å². The lowest BCUT2D eigenvalue weighted by molar-refractivity contribution is -0.115. The van der Waals surface area contributed by atoms with Crippen LogP contribution in [0.2, 0.25) is 0 Å². The molecule has 1 saturated carbocycles. The Bertz CT molecular complexity index is 1020. The smallest absolute Gasteiger partial charge is 0.230 e. The number of anilines is 2. The minimum Gasteiger partial charge on any atom is -0.369 e. The topological polar surface area (TPSA) is 48.5 Å². The average molecular weight is 433 g/mol. The van der Waals surface area contributed by atoms with E-state index in [9.17, 15) is 4.79 Å². The van der Waals surface area contributed by atoms with Crippen LogP contribution in [0.25, 0.3) is 10.6 Å². The van der Waals surface area contributed by atoms with Crippen LogP contribution in [0.1, 0.15) is 18.5 Å². The van der Waals surface area contributed by atoms with Gasteiger partial charge in [0.15, 0.2) is 0 Å². The highest BCUT2D eigenvalue weighted by molar-refractivity contribution is 7.13. The predicted octanol–water partition coefficient (Wildman–Crippen LogP) is 4.52. The number of nitrogens with zero attached hydrogens (tertiary/aromatic N) is 3. The Morgan fingerprint density at radius 3 is 2.61 bits per heavy atom. The second-order valence-corrected chi connectivity index (χ2v) is 9.37. The fourth-order valence-corrected chi connectivity index (χ4v) is 4.93. The van der Waals surface area contributed by atoms with Gasteiger partial charge in [0.2, 0.25) is 5.91 Å². The summed E-state index contributed by atoms with van der Waals surface area (Å²) in [6, 6.07) is 18.3. The van der Waals surface area contributed by atoms with Crippen molar-refractivity contribution in [3.8, 4) is 10.6 Å². The lowest BCUT2D eigenvalue weighted by Gasteiger charge is -2.36. The monoisotopic (exact) mass is 432 g/mol. The van der Waals surface area contributed by atoms with Crippen molar-refractivity contribution in [2.24, 2.45) is 5.92 Å². The molecule has 5 nitrogen and oxygen atoms in total. The molecule has 0 radical (unpaired) electrons. The number of carbonyl (C=O) groups excluding carboxylic acids is 1. The van der Waals surface area contributed by atoms with Gasteiger partial charge in [-0.05, 0) is 37.0 Å². The number of carbonyl (C=O) groups is 1. The van der Waals surface area contributed by atoms with Crippen LogP contribution in [0.15, 0.2) is 60.0 Å². The summed E-state index contributed by atoms with van der Waals surface area (Å²) < 4.78 is 0. The summed E-state index contributed by atoms with van der Waals surface area (Å²) >= 11 is 1.58. The third-order valence-electron chi connectivity index (χ3n) is 5.99. The molecule has 31 heavy (non-hydrogen) atoms. The van der Waals surface area contributed by atoms with E-state index in [0.29, 0.717) is 0 Å². The van der Waals surface area contributed by atoms with Crippen LogP contribution in [0, 0.1) is 5.92 Å². The van der Waals surface area contributed by atoms with Gasteiger partial charge in [-0.1, -0.05) is 36.4 Å². The highest BCUT2D eigenvalue weighted by atomic mass is 32.1. The van der Waals surface area contributed by atoms with Gasteiger partial charge in [-0.25, -0.2) is 4.98 Å². The first-order chi connectivity index (χ1) is 15.2. The number of rotatable bonds is 7. The molecule has 1 aliphatic carbocycles. The third kappa shape index (κ3) is 5.32. The van der Waals surface area contributed by atoms with Crippen molar-refractivity contribution in [3.05, 3.63) is 65.7 Å². The Balaban J connectivity index is 1.16. The van der Waals surface area contributed by atoms with E-state index in [1.807, 2.05) is 47.8 Å². The van der Waals surface area contributed by atoms with Crippen LogP contribution in [0.4, 0.5) is 11.4 Å². The number of thiazole rings is 1. The molecule has 160 valence electrons. The third-order valence-corrected chi connectivity index (χ3v) is 6.94. The quantitative estimate of drug-likeness (QED) is 0.596.